The molecule has 1 fully saturated rings. The molecule has 0 aromatic heterocycles. The lowest BCUT2D eigenvalue weighted by molar-refractivity contribution is -0.255. The standard InChI is InChI=1S/C50H64N2O11/c1-5-23-52(49(56)59-28-27-58-34-35-15-9-8-10-16-35)46-32-43(51-61-7-3)41-30-36(17-11-13-24-53)40(18-12-14-25-54)47-42-31-39(62-38-19-21-44(57-4)37(29-38)33-55)20-22-45(42)63-50(46,48(41)47)60-26-6-2/h6,8-10,15-16,19-22,29-31,33,36,40,46-48,53-54H,2,5,7,11-14,17-18,23-28,32,34H2,1,3-4H3/t36-,40+,46-,47+,48+,50+/m0/s1. The third kappa shape index (κ3) is 11.1. The summed E-state index contributed by atoms with van der Waals surface area (Å²) in [4.78, 5) is 33.9. The molecule has 2 N–H and O–H groups in total. The number of aldehydes is 1. The monoisotopic (exact) mass is 868 g/mol. The van der Waals surface area contributed by atoms with E-state index in [1.54, 1.807) is 29.2 Å². The van der Waals surface area contributed by atoms with E-state index in [-0.39, 0.29) is 57.2 Å². The van der Waals surface area contributed by atoms with Crippen LogP contribution in [0.4, 0.5) is 4.79 Å². The molecule has 1 saturated carbocycles. The van der Waals surface area contributed by atoms with Gasteiger partial charge in [-0.2, -0.15) is 0 Å². The molecule has 0 saturated heterocycles. The van der Waals surface area contributed by atoms with Crippen LogP contribution in [0.15, 0.2) is 96.2 Å². The highest BCUT2D eigenvalue weighted by Crippen LogP contribution is 2.62. The van der Waals surface area contributed by atoms with Crippen LogP contribution in [0, 0.1) is 17.8 Å². The zero-order valence-corrected chi connectivity index (χ0v) is 37.0. The Morgan fingerprint density at radius 2 is 1.75 bits per heavy atom. The summed E-state index contributed by atoms with van der Waals surface area (Å²) in [6.45, 7) is 9.58. The zero-order valence-electron chi connectivity index (χ0n) is 37.0. The highest BCUT2D eigenvalue weighted by molar-refractivity contribution is 6.03. The molecule has 0 unspecified atom stereocenters. The summed E-state index contributed by atoms with van der Waals surface area (Å²) in [6.07, 6.45) is 9.60. The summed E-state index contributed by atoms with van der Waals surface area (Å²) in [7, 11) is 1.51. The molecule has 63 heavy (non-hydrogen) atoms. The molecule has 340 valence electrons. The number of carbonyl (C=O) groups excluding carboxylic acids is 2. The second-order valence-electron chi connectivity index (χ2n) is 16.2. The minimum Gasteiger partial charge on any atom is -0.496 e. The average Bonchev–Trinajstić information content (AvgIpc) is 3.30. The van der Waals surface area contributed by atoms with E-state index in [9.17, 15) is 19.8 Å². The molecule has 0 radical (unpaired) electrons. The molecular formula is C50H64N2O11. The van der Waals surface area contributed by atoms with Crippen molar-refractivity contribution < 1.29 is 53.1 Å². The molecule has 3 aliphatic rings. The number of hydrogen-bond donors (Lipinski definition) is 2. The number of nitrogens with zero attached hydrogens (tertiary/aromatic N) is 2. The number of allylic oxidation sites excluding steroid dienone is 1. The Balaban J connectivity index is 1.47. The summed E-state index contributed by atoms with van der Waals surface area (Å²) < 4.78 is 38.0. The third-order valence-electron chi connectivity index (χ3n) is 12.2. The maximum Gasteiger partial charge on any atom is 0.410 e. The van der Waals surface area contributed by atoms with Crippen molar-refractivity contribution in [3.8, 4) is 23.0 Å². The average molecular weight is 869 g/mol. The van der Waals surface area contributed by atoms with Crippen molar-refractivity contribution in [1.82, 2.24) is 4.90 Å². The normalized spacial score (nSPS) is 22.8. The second-order valence-corrected chi connectivity index (χ2v) is 16.2. The number of carbonyl (C=O) groups is 2. The first kappa shape index (κ1) is 47.3. The van der Waals surface area contributed by atoms with Crippen LogP contribution in [-0.4, -0.2) is 98.3 Å². The number of benzene rings is 3. The SMILES string of the molecule is C=CCO[C@@]12Oc3ccc(Oc4ccc(OC)c(C=O)c4)cc3[C@H]3[C@H](CCCCO)[C@@H](CCCCO)C=C(C(=NOCC)C[C@@H]1N(CCC)C(=O)OCCOCc1ccccc1)[C@H]32. The van der Waals surface area contributed by atoms with Gasteiger partial charge in [-0.15, -0.1) is 6.58 Å². The summed E-state index contributed by atoms with van der Waals surface area (Å²) in [5.41, 5.74) is 3.93. The number of aliphatic hydroxyl groups excluding tert-OH is 2. The lowest BCUT2D eigenvalue weighted by Crippen LogP contribution is -2.70. The van der Waals surface area contributed by atoms with Gasteiger partial charge in [-0.25, -0.2) is 4.79 Å². The maximum absolute atomic E-state index is 14.5. The number of methoxy groups -OCH3 is 1. The van der Waals surface area contributed by atoms with Crippen LogP contribution < -0.4 is 14.2 Å². The van der Waals surface area contributed by atoms with E-state index in [0.717, 1.165) is 48.7 Å². The molecule has 6 atom stereocenters. The van der Waals surface area contributed by atoms with Gasteiger partial charge in [-0.1, -0.05) is 67.4 Å². The summed E-state index contributed by atoms with van der Waals surface area (Å²) >= 11 is 0. The number of hydrogen-bond acceptors (Lipinski definition) is 12. The quantitative estimate of drug-likeness (QED) is 0.0363. The largest absolute Gasteiger partial charge is 0.496 e. The van der Waals surface area contributed by atoms with E-state index >= 15 is 0 Å². The van der Waals surface area contributed by atoms with Crippen molar-refractivity contribution in [2.75, 3.05) is 53.3 Å². The van der Waals surface area contributed by atoms with Gasteiger partial charge in [0.25, 0.3) is 0 Å². The van der Waals surface area contributed by atoms with Crippen molar-refractivity contribution in [2.45, 2.75) is 89.6 Å². The van der Waals surface area contributed by atoms with Gasteiger partial charge in [0, 0.05) is 37.7 Å². The van der Waals surface area contributed by atoms with E-state index in [0.29, 0.717) is 73.3 Å². The Morgan fingerprint density at radius 1 is 0.984 bits per heavy atom. The smallest absolute Gasteiger partial charge is 0.410 e. The number of rotatable bonds is 25. The molecule has 2 aliphatic carbocycles. The molecule has 13 heteroatoms. The van der Waals surface area contributed by atoms with Crippen LogP contribution in [0.3, 0.4) is 0 Å². The fourth-order valence-corrected chi connectivity index (χ4v) is 9.51. The van der Waals surface area contributed by atoms with Crippen LogP contribution in [0.25, 0.3) is 0 Å². The van der Waals surface area contributed by atoms with E-state index in [1.165, 1.54) is 7.11 Å². The fraction of sp³-hybridized carbons (Fsp3) is 0.500. The summed E-state index contributed by atoms with van der Waals surface area (Å²) in [6, 6.07) is 19.9. The number of unbranched alkanes of at least 4 members (excludes halogenated alkanes) is 2. The van der Waals surface area contributed by atoms with Crippen molar-refractivity contribution in [3.63, 3.8) is 0 Å². The van der Waals surface area contributed by atoms with Gasteiger partial charge in [0.1, 0.15) is 42.3 Å². The number of fused-ring (bicyclic) bond motifs is 2. The lowest BCUT2D eigenvalue weighted by Gasteiger charge is -2.59. The molecule has 0 spiro atoms. The molecule has 1 aliphatic heterocycles. The maximum atomic E-state index is 14.5. The van der Waals surface area contributed by atoms with Crippen molar-refractivity contribution in [3.05, 3.63) is 108 Å². The van der Waals surface area contributed by atoms with Gasteiger partial charge < -0.3 is 43.5 Å². The Morgan fingerprint density at radius 3 is 2.46 bits per heavy atom. The lowest BCUT2D eigenvalue weighted by atomic mass is 9.55. The summed E-state index contributed by atoms with van der Waals surface area (Å²) in [5, 5.41) is 24.6. The minimum absolute atomic E-state index is 0.0247. The van der Waals surface area contributed by atoms with Crippen LogP contribution in [0.1, 0.15) is 92.6 Å². The molecular weight excluding hydrogens is 805 g/mol. The first-order valence-electron chi connectivity index (χ1n) is 22.4. The molecule has 1 amide bonds. The Labute approximate surface area is 371 Å². The predicted molar refractivity (Wildman–Crippen MR) is 239 cm³/mol. The van der Waals surface area contributed by atoms with Gasteiger partial charge in [0.05, 0.1) is 44.1 Å². The van der Waals surface area contributed by atoms with E-state index in [2.05, 4.69) is 12.7 Å². The van der Waals surface area contributed by atoms with Crippen molar-refractivity contribution >= 4 is 18.1 Å². The van der Waals surface area contributed by atoms with E-state index < -0.39 is 23.8 Å². The first-order valence-corrected chi connectivity index (χ1v) is 22.4. The Hall–Kier alpha value is -5.21. The number of ether oxygens (including phenoxy) is 6. The minimum atomic E-state index is -1.43. The number of amides is 1. The zero-order chi connectivity index (χ0) is 44.6. The van der Waals surface area contributed by atoms with Gasteiger partial charge in [-0.3, -0.25) is 9.69 Å². The predicted octanol–water partition coefficient (Wildman–Crippen LogP) is 9.02. The van der Waals surface area contributed by atoms with Gasteiger partial charge in [0.2, 0.25) is 5.79 Å². The molecule has 3 aromatic carbocycles. The second kappa shape index (κ2) is 23.5. The third-order valence-corrected chi connectivity index (χ3v) is 12.2. The highest BCUT2D eigenvalue weighted by Gasteiger charge is 2.65. The molecule has 3 aromatic rings. The molecule has 13 nitrogen and oxygen atoms in total. The number of oxime groups is 1. The van der Waals surface area contributed by atoms with Gasteiger partial charge in [0.15, 0.2) is 6.29 Å². The molecule has 0 bridgehead atoms. The van der Waals surface area contributed by atoms with Gasteiger partial charge in [-0.05, 0) is 98.4 Å². The van der Waals surface area contributed by atoms with E-state index in [1.807, 2.05) is 62.4 Å². The van der Waals surface area contributed by atoms with Crippen molar-refractivity contribution in [1.29, 1.82) is 0 Å². The first-order chi connectivity index (χ1) is 30.9. The van der Waals surface area contributed by atoms with Gasteiger partial charge >= 0.3 is 6.09 Å². The fourth-order valence-electron chi connectivity index (χ4n) is 9.51. The Kier molecular flexibility index (Phi) is 17.6. The van der Waals surface area contributed by atoms with Crippen LogP contribution >= 0.6 is 0 Å². The molecule has 1 heterocycles. The van der Waals surface area contributed by atoms with Crippen molar-refractivity contribution in [2.24, 2.45) is 22.9 Å². The Bertz CT molecular complexity index is 2020. The highest BCUT2D eigenvalue weighted by atomic mass is 16.7. The summed E-state index contributed by atoms with van der Waals surface area (Å²) in [5.74, 6) is -0.0355. The topological polar surface area (TPSA) is 155 Å². The van der Waals surface area contributed by atoms with Crippen LogP contribution in [-0.2, 0) is 25.7 Å². The van der Waals surface area contributed by atoms with E-state index in [4.69, 9.17) is 38.4 Å². The number of aliphatic hydroxyl groups is 2. The van der Waals surface area contributed by atoms with Crippen LogP contribution in [0.2, 0.25) is 0 Å². The molecule has 6 rings (SSSR count). The van der Waals surface area contributed by atoms with Crippen LogP contribution in [0.5, 0.6) is 23.0 Å².